The second kappa shape index (κ2) is 3.96. The lowest BCUT2D eigenvalue weighted by Crippen LogP contribution is -2.36. The molecule has 1 heterocycles. The number of allylic oxidation sites excluding steroid dienone is 3. The van der Waals surface area contributed by atoms with E-state index in [1.54, 1.807) is 0 Å². The predicted molar refractivity (Wildman–Crippen MR) is 73.2 cm³/mol. The monoisotopic (exact) mass is 244 g/mol. The van der Waals surface area contributed by atoms with E-state index in [1.165, 1.54) is 37.7 Å². The van der Waals surface area contributed by atoms with Gasteiger partial charge in [0.2, 0.25) is 0 Å². The fourth-order valence-corrected chi connectivity index (χ4v) is 5.21. The summed E-state index contributed by atoms with van der Waals surface area (Å²) in [5.74, 6) is 4.12. The zero-order valence-electron chi connectivity index (χ0n) is 11.3. The zero-order chi connectivity index (χ0) is 12.3. The first-order chi connectivity index (χ1) is 8.75. The van der Waals surface area contributed by atoms with Crippen molar-refractivity contribution in [2.24, 2.45) is 29.6 Å². The maximum atomic E-state index is 6.05. The highest BCUT2D eigenvalue weighted by molar-refractivity contribution is 5.16. The van der Waals surface area contributed by atoms with Gasteiger partial charge in [-0.25, -0.2) is 0 Å². The van der Waals surface area contributed by atoms with Gasteiger partial charge in [-0.15, -0.1) is 0 Å². The van der Waals surface area contributed by atoms with Crippen molar-refractivity contribution in [2.45, 2.75) is 51.2 Å². The summed E-state index contributed by atoms with van der Waals surface area (Å²) in [6.45, 7) is 6.50. The van der Waals surface area contributed by atoms with E-state index in [9.17, 15) is 0 Å². The molecule has 1 nitrogen and oxygen atoms in total. The fraction of sp³-hybridized carbons (Fsp3) is 0.765. The Morgan fingerprint density at radius 3 is 3.06 bits per heavy atom. The van der Waals surface area contributed by atoms with Crippen molar-refractivity contribution in [3.8, 4) is 0 Å². The molecule has 98 valence electrons. The second-order valence-corrected chi connectivity index (χ2v) is 7.00. The van der Waals surface area contributed by atoms with Crippen LogP contribution in [-0.2, 0) is 4.74 Å². The van der Waals surface area contributed by atoms with Crippen LogP contribution in [0.15, 0.2) is 24.3 Å². The third-order valence-corrected chi connectivity index (χ3v) is 6.02. The number of ether oxygens (including phenoxy) is 1. The summed E-state index contributed by atoms with van der Waals surface area (Å²) in [7, 11) is 0. The van der Waals surface area contributed by atoms with Gasteiger partial charge in [0.05, 0.1) is 12.2 Å². The quantitative estimate of drug-likeness (QED) is 0.502. The Morgan fingerprint density at radius 2 is 2.22 bits per heavy atom. The molecule has 1 heteroatoms. The van der Waals surface area contributed by atoms with E-state index >= 15 is 0 Å². The number of fused-ring (bicyclic) bond motifs is 5. The highest BCUT2D eigenvalue weighted by Crippen LogP contribution is 2.57. The molecule has 1 saturated heterocycles. The summed E-state index contributed by atoms with van der Waals surface area (Å²) in [6.07, 6.45) is 12.9. The smallest absolute Gasteiger partial charge is 0.0878 e. The van der Waals surface area contributed by atoms with E-state index in [0.717, 1.165) is 29.6 Å². The summed E-state index contributed by atoms with van der Waals surface area (Å²) in [4.78, 5) is 0. The van der Waals surface area contributed by atoms with Crippen LogP contribution in [0.25, 0.3) is 0 Å². The van der Waals surface area contributed by atoms with Gasteiger partial charge in [0.25, 0.3) is 0 Å². The van der Waals surface area contributed by atoms with Gasteiger partial charge < -0.3 is 4.74 Å². The summed E-state index contributed by atoms with van der Waals surface area (Å²) in [5.41, 5.74) is 1.40. The topological polar surface area (TPSA) is 12.5 Å². The number of hydrogen-bond donors (Lipinski definition) is 0. The zero-order valence-corrected chi connectivity index (χ0v) is 11.3. The van der Waals surface area contributed by atoms with Crippen molar-refractivity contribution < 1.29 is 4.74 Å². The summed E-state index contributed by atoms with van der Waals surface area (Å²) >= 11 is 0. The van der Waals surface area contributed by atoms with Crippen LogP contribution in [0.2, 0.25) is 0 Å². The maximum absolute atomic E-state index is 6.05. The minimum atomic E-state index is 0.580. The fourth-order valence-electron chi connectivity index (χ4n) is 5.21. The molecule has 0 amide bonds. The number of epoxide rings is 1. The van der Waals surface area contributed by atoms with Gasteiger partial charge in [-0.05, 0) is 62.2 Å². The van der Waals surface area contributed by atoms with Crippen LogP contribution in [0.3, 0.4) is 0 Å². The van der Waals surface area contributed by atoms with Crippen molar-refractivity contribution >= 4 is 0 Å². The lowest BCUT2D eigenvalue weighted by atomic mass is 9.63. The van der Waals surface area contributed by atoms with Crippen molar-refractivity contribution in [2.75, 3.05) is 0 Å². The molecule has 0 aromatic heterocycles. The first-order valence-electron chi connectivity index (χ1n) is 7.73. The molecule has 0 spiro atoms. The first-order valence-corrected chi connectivity index (χ1v) is 7.73. The lowest BCUT2D eigenvalue weighted by Gasteiger charge is -2.41. The van der Waals surface area contributed by atoms with Crippen molar-refractivity contribution in [1.29, 1.82) is 0 Å². The molecule has 2 saturated carbocycles. The van der Waals surface area contributed by atoms with E-state index in [0.29, 0.717) is 12.2 Å². The molecule has 0 bridgehead atoms. The highest BCUT2D eigenvalue weighted by Gasteiger charge is 2.57. The van der Waals surface area contributed by atoms with E-state index in [-0.39, 0.29) is 0 Å². The van der Waals surface area contributed by atoms with Crippen molar-refractivity contribution in [1.82, 2.24) is 0 Å². The number of hydrogen-bond acceptors (Lipinski definition) is 1. The Bertz CT molecular complexity index is 396. The van der Waals surface area contributed by atoms with Gasteiger partial charge in [-0.2, -0.15) is 0 Å². The number of rotatable bonds is 1. The predicted octanol–water partition coefficient (Wildman–Crippen LogP) is 3.96. The van der Waals surface area contributed by atoms with Gasteiger partial charge >= 0.3 is 0 Å². The van der Waals surface area contributed by atoms with E-state index < -0.39 is 0 Å². The normalized spacial score (nSPS) is 53.1. The van der Waals surface area contributed by atoms with E-state index in [4.69, 9.17) is 4.74 Å². The molecule has 18 heavy (non-hydrogen) atoms. The van der Waals surface area contributed by atoms with Gasteiger partial charge in [0.1, 0.15) is 0 Å². The molecular weight excluding hydrogens is 220 g/mol. The molecule has 0 radical (unpaired) electrons. The molecule has 1 aliphatic heterocycles. The molecule has 0 aromatic rings. The van der Waals surface area contributed by atoms with Crippen LogP contribution in [-0.4, -0.2) is 12.2 Å². The molecule has 3 fully saturated rings. The highest BCUT2D eigenvalue weighted by atomic mass is 16.6. The van der Waals surface area contributed by atoms with Gasteiger partial charge in [0.15, 0.2) is 0 Å². The van der Waals surface area contributed by atoms with Crippen LogP contribution in [0.4, 0.5) is 0 Å². The molecule has 7 unspecified atom stereocenters. The standard InChI is InChI=1S/C17H24O/c1-10(2)12-6-4-8-14-13-7-3-5-11(13)9-15-17(18-15)16(12)14/h3,7,11-17H,1,4-6,8-9H2,2H3. The third-order valence-electron chi connectivity index (χ3n) is 6.02. The average molecular weight is 244 g/mol. The lowest BCUT2D eigenvalue weighted by molar-refractivity contribution is 0.0837. The maximum Gasteiger partial charge on any atom is 0.0878 e. The Kier molecular flexibility index (Phi) is 2.49. The van der Waals surface area contributed by atoms with E-state index in [1.807, 2.05) is 0 Å². The molecule has 3 aliphatic carbocycles. The minimum Gasteiger partial charge on any atom is -0.369 e. The van der Waals surface area contributed by atoms with Crippen LogP contribution >= 0.6 is 0 Å². The van der Waals surface area contributed by atoms with Crippen LogP contribution in [0.1, 0.15) is 39.0 Å². The summed E-state index contributed by atoms with van der Waals surface area (Å²) in [6, 6.07) is 0. The van der Waals surface area contributed by atoms with Crippen molar-refractivity contribution in [3.63, 3.8) is 0 Å². The Balaban J connectivity index is 1.69. The summed E-state index contributed by atoms with van der Waals surface area (Å²) in [5, 5.41) is 0. The van der Waals surface area contributed by atoms with Gasteiger partial charge in [-0.3, -0.25) is 0 Å². The molecule has 7 atom stereocenters. The van der Waals surface area contributed by atoms with Crippen LogP contribution < -0.4 is 0 Å². The van der Waals surface area contributed by atoms with Gasteiger partial charge in [-0.1, -0.05) is 30.7 Å². The molecule has 0 aromatic carbocycles. The first kappa shape index (κ1) is 11.3. The average Bonchev–Trinajstić information content (AvgIpc) is 2.98. The van der Waals surface area contributed by atoms with Crippen molar-refractivity contribution in [3.05, 3.63) is 24.3 Å². The second-order valence-electron chi connectivity index (χ2n) is 7.00. The van der Waals surface area contributed by atoms with Crippen LogP contribution in [0, 0.1) is 29.6 Å². The van der Waals surface area contributed by atoms with E-state index in [2.05, 4.69) is 25.7 Å². The van der Waals surface area contributed by atoms with Crippen LogP contribution in [0.5, 0.6) is 0 Å². The third kappa shape index (κ3) is 1.56. The summed E-state index contributed by atoms with van der Waals surface area (Å²) < 4.78 is 6.05. The molecular formula is C17H24O. The Morgan fingerprint density at radius 1 is 1.33 bits per heavy atom. The van der Waals surface area contributed by atoms with Gasteiger partial charge in [0, 0.05) is 0 Å². The Hall–Kier alpha value is -0.560. The molecule has 4 rings (SSSR count). The minimum absolute atomic E-state index is 0.580. The molecule has 0 N–H and O–H groups in total. The molecule has 4 aliphatic rings. The largest absolute Gasteiger partial charge is 0.369 e. The SMILES string of the molecule is C=C(C)C1CCCC2C3C=CCC3CC3OC3C12. The Labute approximate surface area is 110 Å².